The molecule has 12 heteroatoms. The number of carbonyl (C=O) groups excluding carboxylic acids is 2. The zero-order chi connectivity index (χ0) is 26.8. The maximum Gasteiger partial charge on any atom is 0.407 e. The molecule has 1 aromatic heterocycles. The van der Waals surface area contributed by atoms with E-state index in [4.69, 9.17) is 9.72 Å². The van der Waals surface area contributed by atoms with Crippen LogP contribution in [0.2, 0.25) is 0 Å². The Kier molecular flexibility index (Phi) is 10.6. The van der Waals surface area contributed by atoms with E-state index in [2.05, 4.69) is 20.4 Å². The third kappa shape index (κ3) is 8.64. The molecule has 2 amide bonds. The van der Waals surface area contributed by atoms with Gasteiger partial charge < -0.3 is 19.9 Å². The minimum Gasteiger partial charge on any atom is -0.748 e. The van der Waals surface area contributed by atoms with Gasteiger partial charge >= 0.3 is 6.09 Å². The Morgan fingerprint density at radius 2 is 1.73 bits per heavy atom. The smallest absolute Gasteiger partial charge is 0.407 e. The predicted molar refractivity (Wildman–Crippen MR) is 140 cm³/mol. The summed E-state index contributed by atoms with van der Waals surface area (Å²) in [5.41, 5.74) is 5.51. The maximum absolute atomic E-state index is 13.4. The number of hydrogen-bond donors (Lipinski definition) is 3. The number of hydrogen-bond acceptors (Lipinski definition) is 9. The fourth-order valence-electron chi connectivity index (χ4n) is 3.69. The number of methoxy groups -OCH3 is 1. The Bertz CT molecular complexity index is 1200. The summed E-state index contributed by atoms with van der Waals surface area (Å²) in [6.45, 7) is 4.02. The zero-order valence-corrected chi connectivity index (χ0v) is 22.3. The highest BCUT2D eigenvalue weighted by Crippen LogP contribution is 2.27. The van der Waals surface area contributed by atoms with Crippen LogP contribution in [0.25, 0.3) is 0 Å². The number of nitrogens with one attached hydrogen (secondary N) is 3. The summed E-state index contributed by atoms with van der Waals surface area (Å²) in [6.07, 6.45) is 0.778. The van der Waals surface area contributed by atoms with Gasteiger partial charge in [-0.25, -0.2) is 14.0 Å². The molecule has 0 bridgehead atoms. The first-order valence-corrected chi connectivity index (χ1v) is 13.4. The van der Waals surface area contributed by atoms with Gasteiger partial charge in [-0.2, -0.15) is 4.28 Å². The highest BCUT2D eigenvalue weighted by Gasteiger charge is 2.27. The summed E-state index contributed by atoms with van der Waals surface area (Å²) in [6, 6.07) is 15.0. The van der Waals surface area contributed by atoms with E-state index in [1.807, 2.05) is 44.2 Å². The highest BCUT2D eigenvalue weighted by molar-refractivity contribution is 7.74. The number of nitrogens with zero attached hydrogens (tertiary/aromatic N) is 1. The summed E-state index contributed by atoms with van der Waals surface area (Å²) in [7, 11) is 1.25. The molecule has 1 heterocycles. The molecule has 3 aromatic rings. The van der Waals surface area contributed by atoms with Crippen LogP contribution in [-0.2, 0) is 44.4 Å². The molecule has 37 heavy (non-hydrogen) atoms. The van der Waals surface area contributed by atoms with Crippen molar-refractivity contribution in [3.05, 3.63) is 81.3 Å². The summed E-state index contributed by atoms with van der Waals surface area (Å²) in [5, 5.41) is 6.46. The van der Waals surface area contributed by atoms with E-state index in [-0.39, 0.29) is 12.3 Å². The minimum atomic E-state index is -2.69. The number of benzene rings is 2. The Labute approximate surface area is 222 Å². The zero-order valence-electron chi connectivity index (χ0n) is 20.7. The molecule has 0 aliphatic heterocycles. The molecule has 0 fully saturated rings. The second-order valence-electron chi connectivity index (χ2n) is 8.14. The highest BCUT2D eigenvalue weighted by atomic mass is 32.2. The van der Waals surface area contributed by atoms with Gasteiger partial charge in [-0.05, 0) is 43.0 Å². The second kappa shape index (κ2) is 13.8. The summed E-state index contributed by atoms with van der Waals surface area (Å²) in [4.78, 5) is 31.3. The Morgan fingerprint density at radius 3 is 2.32 bits per heavy atom. The fourth-order valence-corrected chi connectivity index (χ4v) is 4.91. The molecule has 3 N–H and O–H groups in total. The first-order valence-electron chi connectivity index (χ1n) is 11.6. The maximum atomic E-state index is 13.4. The second-order valence-corrected chi connectivity index (χ2v) is 9.95. The standard InChI is InChI=1S/C25H30N4O6S2/c1-4-20-16(2)36-24(27-20)22(15-18-10-12-19(13-11-18)29-35-37(32)33)26-23(30)21(28-25(31)34-3)14-17-8-6-5-7-9-17/h5-13,21-22,29H,4,14-15H2,1-3H3,(H,26,30)(H,28,31)(H,32,33)/p-1/t21-,22-/m0/s1. The largest absolute Gasteiger partial charge is 0.748 e. The van der Waals surface area contributed by atoms with E-state index in [0.717, 1.165) is 33.1 Å². The molecule has 0 radical (unpaired) electrons. The molecule has 0 saturated heterocycles. The van der Waals surface area contributed by atoms with Crippen LogP contribution in [0.1, 0.15) is 39.7 Å². The van der Waals surface area contributed by atoms with Crippen molar-refractivity contribution in [1.82, 2.24) is 15.6 Å². The van der Waals surface area contributed by atoms with E-state index in [1.54, 1.807) is 24.3 Å². The molecule has 0 aliphatic rings. The molecule has 0 saturated carbocycles. The molecule has 3 atom stereocenters. The number of thiazole rings is 1. The lowest BCUT2D eigenvalue weighted by Gasteiger charge is -2.22. The molecule has 198 valence electrons. The minimum absolute atomic E-state index is 0.285. The van der Waals surface area contributed by atoms with Crippen LogP contribution in [0.3, 0.4) is 0 Å². The number of alkyl carbamates (subject to hydrolysis) is 1. The Morgan fingerprint density at radius 1 is 1.05 bits per heavy atom. The molecule has 0 aliphatic carbocycles. The first kappa shape index (κ1) is 28.3. The van der Waals surface area contributed by atoms with E-state index in [0.29, 0.717) is 12.1 Å². The van der Waals surface area contributed by atoms with Crippen molar-refractivity contribution >= 4 is 40.4 Å². The average molecular weight is 546 g/mol. The summed E-state index contributed by atoms with van der Waals surface area (Å²) in [5.74, 6) is -0.366. The first-order chi connectivity index (χ1) is 17.8. The predicted octanol–water partition coefficient (Wildman–Crippen LogP) is 3.52. The lowest BCUT2D eigenvalue weighted by molar-refractivity contribution is -0.123. The van der Waals surface area contributed by atoms with Crippen LogP contribution in [0.15, 0.2) is 54.6 Å². The van der Waals surface area contributed by atoms with Gasteiger partial charge in [0.25, 0.3) is 0 Å². The fraction of sp³-hybridized carbons (Fsp3) is 0.320. The van der Waals surface area contributed by atoms with Crippen molar-refractivity contribution in [1.29, 1.82) is 0 Å². The van der Waals surface area contributed by atoms with Crippen molar-refractivity contribution in [3.63, 3.8) is 0 Å². The van der Waals surface area contributed by atoms with Gasteiger partial charge in [0, 0.05) is 11.3 Å². The molecular weight excluding hydrogens is 516 g/mol. The van der Waals surface area contributed by atoms with Crippen molar-refractivity contribution in [3.8, 4) is 0 Å². The number of carbonyl (C=O) groups is 2. The number of aromatic nitrogens is 1. The lowest BCUT2D eigenvalue weighted by Crippen LogP contribution is -2.49. The van der Waals surface area contributed by atoms with Crippen LogP contribution in [-0.4, -0.2) is 38.9 Å². The normalized spacial score (nSPS) is 13.3. The number of aryl methyl sites for hydroxylation is 2. The van der Waals surface area contributed by atoms with Gasteiger partial charge in [-0.15, -0.1) is 11.3 Å². The number of rotatable bonds is 12. The van der Waals surface area contributed by atoms with Gasteiger partial charge in [0.15, 0.2) is 0 Å². The van der Waals surface area contributed by atoms with Crippen LogP contribution in [0, 0.1) is 6.92 Å². The topological polar surface area (TPSA) is 142 Å². The average Bonchev–Trinajstić information content (AvgIpc) is 3.28. The van der Waals surface area contributed by atoms with Gasteiger partial charge in [-0.3, -0.25) is 10.3 Å². The van der Waals surface area contributed by atoms with Crippen molar-refractivity contribution in [2.24, 2.45) is 0 Å². The van der Waals surface area contributed by atoms with Gasteiger partial charge in [0.1, 0.15) is 22.4 Å². The third-order valence-electron chi connectivity index (χ3n) is 5.56. The molecule has 2 aromatic carbocycles. The summed E-state index contributed by atoms with van der Waals surface area (Å²) < 4.78 is 30.3. The van der Waals surface area contributed by atoms with E-state index < -0.39 is 29.5 Å². The summed E-state index contributed by atoms with van der Waals surface area (Å²) >= 11 is -1.17. The van der Waals surface area contributed by atoms with Crippen LogP contribution >= 0.6 is 11.3 Å². The van der Waals surface area contributed by atoms with E-state index >= 15 is 0 Å². The Balaban J connectivity index is 1.83. The number of amides is 2. The van der Waals surface area contributed by atoms with Gasteiger partial charge in [-0.1, -0.05) is 49.4 Å². The third-order valence-corrected chi connectivity index (χ3v) is 6.90. The van der Waals surface area contributed by atoms with Crippen LogP contribution < -0.4 is 16.1 Å². The van der Waals surface area contributed by atoms with Crippen LogP contribution in [0.4, 0.5) is 10.5 Å². The molecule has 3 rings (SSSR count). The van der Waals surface area contributed by atoms with Gasteiger partial charge in [0.2, 0.25) is 5.91 Å². The van der Waals surface area contributed by atoms with Gasteiger partial charge in [0.05, 0.1) is 24.5 Å². The van der Waals surface area contributed by atoms with Crippen molar-refractivity contribution < 1.29 is 27.4 Å². The van der Waals surface area contributed by atoms with E-state index in [1.165, 1.54) is 18.4 Å². The number of anilines is 1. The molecule has 0 spiro atoms. The van der Waals surface area contributed by atoms with E-state index in [9.17, 15) is 18.4 Å². The Hall–Kier alpha value is -3.32. The molecule has 10 nitrogen and oxygen atoms in total. The molecule has 1 unspecified atom stereocenters. The number of ether oxygens (including phenoxy) is 1. The van der Waals surface area contributed by atoms with Crippen LogP contribution in [0.5, 0.6) is 0 Å². The van der Waals surface area contributed by atoms with Crippen molar-refractivity contribution in [2.45, 2.75) is 45.2 Å². The quantitative estimate of drug-likeness (QED) is 0.232. The van der Waals surface area contributed by atoms with Crippen molar-refractivity contribution in [2.75, 3.05) is 12.6 Å². The lowest BCUT2D eigenvalue weighted by atomic mass is 10.0. The monoisotopic (exact) mass is 545 g/mol. The molecular formula is C25H29N4O6S2-. The SMILES string of the molecule is CCc1nc([C@H](Cc2ccc(NOS(=O)[O-])cc2)NC(=O)[C@H](Cc2ccccc2)NC(=O)OC)sc1C.